The Hall–Kier alpha value is -0.970. The van der Waals surface area contributed by atoms with Crippen LogP contribution in [0.3, 0.4) is 0 Å². The van der Waals surface area contributed by atoms with Gasteiger partial charge in [-0.3, -0.25) is 0 Å². The van der Waals surface area contributed by atoms with E-state index in [1.54, 1.807) is 0 Å². The second-order valence-corrected chi connectivity index (χ2v) is 4.61. The Kier molecular flexibility index (Phi) is 5.72. The number of alkyl halides is 3. The van der Waals surface area contributed by atoms with E-state index >= 15 is 0 Å². The third kappa shape index (κ3) is 4.72. The summed E-state index contributed by atoms with van der Waals surface area (Å²) >= 11 is 2.97. The Labute approximate surface area is 113 Å². The van der Waals surface area contributed by atoms with Gasteiger partial charge in [-0.05, 0) is 25.3 Å². The van der Waals surface area contributed by atoms with Crippen LogP contribution < -0.4 is 0 Å². The summed E-state index contributed by atoms with van der Waals surface area (Å²) in [6.07, 6.45) is -3.65. The highest BCUT2D eigenvalue weighted by Crippen LogP contribution is 2.33. The van der Waals surface area contributed by atoms with Gasteiger partial charge in [0.05, 0.1) is 6.61 Å². The van der Waals surface area contributed by atoms with Crippen LogP contribution in [0.2, 0.25) is 0 Å². The average Bonchev–Trinajstić information content (AvgIpc) is 2.33. The molecule has 0 aliphatic heterocycles. The van der Waals surface area contributed by atoms with Crippen LogP contribution in [-0.4, -0.2) is 12.8 Å². The molecule has 0 atom stereocenters. The summed E-state index contributed by atoms with van der Waals surface area (Å²) in [5.74, 6) is -0.930. The normalized spacial score (nSPS) is 13.2. The third-order valence-electron chi connectivity index (χ3n) is 2.27. The van der Waals surface area contributed by atoms with Crippen molar-refractivity contribution in [2.24, 2.45) is 0 Å². The van der Waals surface area contributed by atoms with Crippen molar-refractivity contribution in [2.75, 3.05) is 6.61 Å². The lowest BCUT2D eigenvalue weighted by atomic mass is 10.1. The van der Waals surface area contributed by atoms with Crippen LogP contribution >= 0.6 is 15.9 Å². The molecule has 0 saturated heterocycles. The van der Waals surface area contributed by atoms with E-state index in [0.29, 0.717) is 6.42 Å². The molecule has 0 saturated carbocycles. The lowest BCUT2D eigenvalue weighted by molar-refractivity contribution is -0.130. The number of benzene rings is 1. The van der Waals surface area contributed by atoms with Crippen molar-refractivity contribution >= 4 is 15.9 Å². The summed E-state index contributed by atoms with van der Waals surface area (Å²) < 4.78 is 42.7. The first kappa shape index (κ1) is 15.1. The highest BCUT2D eigenvalue weighted by molar-refractivity contribution is 9.11. The quantitative estimate of drug-likeness (QED) is 0.706. The van der Waals surface area contributed by atoms with Crippen LogP contribution in [0.1, 0.15) is 18.9 Å². The maximum absolute atomic E-state index is 12.7. The summed E-state index contributed by atoms with van der Waals surface area (Å²) in [6.45, 7) is 1.53. The van der Waals surface area contributed by atoms with Crippen LogP contribution in [0.15, 0.2) is 40.6 Å². The van der Waals surface area contributed by atoms with Gasteiger partial charge in [0.25, 0.3) is 0 Å². The van der Waals surface area contributed by atoms with Crippen molar-refractivity contribution in [3.63, 3.8) is 0 Å². The molecule has 5 heteroatoms. The van der Waals surface area contributed by atoms with E-state index in [1.807, 2.05) is 30.3 Å². The minimum atomic E-state index is -4.45. The Balaban J connectivity index is 2.74. The number of hydrogen-bond donors (Lipinski definition) is 0. The number of allylic oxidation sites excluding steroid dienone is 2. The number of aryl methyl sites for hydroxylation is 1. The van der Waals surface area contributed by atoms with Crippen LogP contribution in [0.5, 0.6) is 0 Å². The van der Waals surface area contributed by atoms with E-state index in [1.165, 1.54) is 6.92 Å². The molecule has 0 fully saturated rings. The lowest BCUT2D eigenvalue weighted by Gasteiger charge is -2.14. The second-order valence-electron chi connectivity index (χ2n) is 3.65. The van der Waals surface area contributed by atoms with Gasteiger partial charge in [-0.15, -0.1) is 0 Å². The molecule has 0 aromatic heterocycles. The van der Waals surface area contributed by atoms with Crippen LogP contribution in [0, 0.1) is 0 Å². The molecular formula is C13H14BrF3O. The third-order valence-corrected chi connectivity index (χ3v) is 3.03. The molecule has 0 radical (unpaired) electrons. The first-order chi connectivity index (χ1) is 8.45. The van der Waals surface area contributed by atoms with Gasteiger partial charge < -0.3 is 4.74 Å². The number of hydrogen-bond acceptors (Lipinski definition) is 1. The molecule has 1 aromatic rings. The standard InChI is InChI=1S/C13H14BrF3O/c1-2-18-12(13(15,16)17)11(14)9-8-10-6-4-3-5-7-10/h3-7H,2,8-9H2,1H3/b12-11-. The van der Waals surface area contributed by atoms with Crippen LogP contribution in [0.4, 0.5) is 13.2 Å². The van der Waals surface area contributed by atoms with Crippen LogP contribution in [0.25, 0.3) is 0 Å². The molecule has 0 aliphatic rings. The number of rotatable bonds is 5. The van der Waals surface area contributed by atoms with Gasteiger partial charge in [0, 0.05) is 4.48 Å². The topological polar surface area (TPSA) is 9.23 Å². The van der Waals surface area contributed by atoms with E-state index in [9.17, 15) is 13.2 Å². The van der Waals surface area contributed by atoms with Crippen LogP contribution in [-0.2, 0) is 11.2 Å². The summed E-state index contributed by atoms with van der Waals surface area (Å²) in [7, 11) is 0. The molecular weight excluding hydrogens is 309 g/mol. The summed E-state index contributed by atoms with van der Waals surface area (Å²) in [6, 6.07) is 9.36. The number of halogens is 4. The molecule has 0 spiro atoms. The molecule has 0 heterocycles. The molecule has 0 aliphatic carbocycles. The van der Waals surface area contributed by atoms with Crippen molar-refractivity contribution in [2.45, 2.75) is 25.9 Å². The van der Waals surface area contributed by atoms with Gasteiger partial charge in [-0.25, -0.2) is 0 Å². The van der Waals surface area contributed by atoms with E-state index in [4.69, 9.17) is 0 Å². The minimum Gasteiger partial charge on any atom is -0.489 e. The fraction of sp³-hybridized carbons (Fsp3) is 0.385. The molecule has 18 heavy (non-hydrogen) atoms. The van der Waals surface area contributed by atoms with Crippen molar-refractivity contribution in [1.29, 1.82) is 0 Å². The minimum absolute atomic E-state index is 0.00468. The van der Waals surface area contributed by atoms with Gasteiger partial charge in [0.15, 0.2) is 0 Å². The lowest BCUT2D eigenvalue weighted by Crippen LogP contribution is -2.16. The Morgan fingerprint density at radius 3 is 2.33 bits per heavy atom. The highest BCUT2D eigenvalue weighted by atomic mass is 79.9. The fourth-order valence-corrected chi connectivity index (χ4v) is 2.01. The van der Waals surface area contributed by atoms with Gasteiger partial charge in [-0.1, -0.05) is 46.3 Å². The van der Waals surface area contributed by atoms with E-state index in [0.717, 1.165) is 5.56 Å². The Morgan fingerprint density at radius 1 is 1.22 bits per heavy atom. The SMILES string of the molecule is CCO/C(=C(\Br)CCc1ccccc1)C(F)(F)F. The van der Waals surface area contributed by atoms with Crippen molar-refractivity contribution in [3.8, 4) is 0 Å². The average molecular weight is 323 g/mol. The number of ether oxygens (including phenoxy) is 1. The van der Waals surface area contributed by atoms with Gasteiger partial charge in [-0.2, -0.15) is 13.2 Å². The summed E-state index contributed by atoms with van der Waals surface area (Å²) in [5.41, 5.74) is 0.993. The van der Waals surface area contributed by atoms with E-state index in [-0.39, 0.29) is 17.5 Å². The fourth-order valence-electron chi connectivity index (χ4n) is 1.47. The second kappa shape index (κ2) is 6.83. The zero-order valence-electron chi connectivity index (χ0n) is 9.93. The van der Waals surface area contributed by atoms with E-state index < -0.39 is 11.9 Å². The van der Waals surface area contributed by atoms with Crippen molar-refractivity contribution in [1.82, 2.24) is 0 Å². The smallest absolute Gasteiger partial charge is 0.449 e. The maximum atomic E-state index is 12.7. The van der Waals surface area contributed by atoms with Gasteiger partial charge in [0.1, 0.15) is 0 Å². The van der Waals surface area contributed by atoms with Crippen molar-refractivity contribution in [3.05, 3.63) is 46.1 Å². The summed E-state index contributed by atoms with van der Waals surface area (Å²) in [5, 5.41) is 0. The molecule has 1 nitrogen and oxygen atoms in total. The molecule has 0 amide bonds. The highest BCUT2D eigenvalue weighted by Gasteiger charge is 2.37. The Morgan fingerprint density at radius 2 is 1.83 bits per heavy atom. The molecule has 1 aromatic carbocycles. The maximum Gasteiger partial charge on any atom is 0.449 e. The molecule has 1 rings (SSSR count). The first-order valence-corrected chi connectivity index (χ1v) is 6.37. The monoisotopic (exact) mass is 322 g/mol. The molecule has 0 N–H and O–H groups in total. The predicted octanol–water partition coefficient (Wildman–Crippen LogP) is 4.82. The largest absolute Gasteiger partial charge is 0.489 e. The molecule has 100 valence electrons. The van der Waals surface area contributed by atoms with Gasteiger partial charge >= 0.3 is 6.18 Å². The van der Waals surface area contributed by atoms with Crippen molar-refractivity contribution < 1.29 is 17.9 Å². The zero-order chi connectivity index (χ0) is 13.6. The van der Waals surface area contributed by atoms with Gasteiger partial charge in [0.2, 0.25) is 5.76 Å². The zero-order valence-corrected chi connectivity index (χ0v) is 11.5. The summed E-state index contributed by atoms with van der Waals surface area (Å²) in [4.78, 5) is 0. The van der Waals surface area contributed by atoms with E-state index in [2.05, 4.69) is 20.7 Å². The molecule has 0 unspecified atom stereocenters. The first-order valence-electron chi connectivity index (χ1n) is 5.57. The molecule has 0 bridgehead atoms. The Bertz CT molecular complexity index is 398. The predicted molar refractivity (Wildman–Crippen MR) is 68.4 cm³/mol.